The first-order chi connectivity index (χ1) is 6.38. The van der Waals surface area contributed by atoms with Crippen molar-refractivity contribution in [1.29, 1.82) is 0 Å². The molecule has 0 bridgehead atoms. The Bertz CT molecular complexity index is 159. The lowest BCUT2D eigenvalue weighted by Gasteiger charge is -2.14. The average Bonchev–Trinajstić information content (AvgIpc) is 2.85. The minimum atomic E-state index is 0.301. The van der Waals surface area contributed by atoms with Crippen molar-refractivity contribution in [3.63, 3.8) is 0 Å². The lowest BCUT2D eigenvalue weighted by molar-refractivity contribution is 0.218. The first-order valence-corrected chi connectivity index (χ1v) is 5.45. The van der Waals surface area contributed by atoms with Gasteiger partial charge in [0.25, 0.3) is 0 Å². The maximum atomic E-state index is 8.78. The molecule has 0 aromatic carbocycles. The monoisotopic (exact) mass is 184 g/mol. The number of aliphatic hydroxyl groups excluding tert-OH is 1. The number of nitrogens with zero attached hydrogens (tertiary/aromatic N) is 1. The molecule has 2 fully saturated rings. The van der Waals surface area contributed by atoms with Gasteiger partial charge in [0.2, 0.25) is 0 Å². The van der Waals surface area contributed by atoms with Gasteiger partial charge in [-0.3, -0.25) is 4.90 Å². The highest BCUT2D eigenvalue weighted by atomic mass is 16.3. The quantitative estimate of drug-likeness (QED) is 0.634. The molecule has 3 nitrogen and oxygen atoms in total. The summed E-state index contributed by atoms with van der Waals surface area (Å²) >= 11 is 0. The molecule has 0 amide bonds. The van der Waals surface area contributed by atoms with Crippen LogP contribution >= 0.6 is 0 Å². The fraction of sp³-hybridized carbons (Fsp3) is 1.00. The number of rotatable bonds is 5. The Morgan fingerprint density at radius 1 is 1.31 bits per heavy atom. The topological polar surface area (TPSA) is 35.5 Å². The van der Waals surface area contributed by atoms with Crippen LogP contribution < -0.4 is 5.32 Å². The first kappa shape index (κ1) is 9.44. The Hall–Kier alpha value is -0.120. The second-order valence-electron chi connectivity index (χ2n) is 4.36. The minimum absolute atomic E-state index is 0.301. The number of β-amino-alcohol motifs (C(OH)–C–C–N with tert-alkyl or cyclic N) is 1. The van der Waals surface area contributed by atoms with Crippen LogP contribution in [-0.4, -0.2) is 48.8 Å². The predicted octanol–water partition coefficient (Wildman–Crippen LogP) is 0.0526. The van der Waals surface area contributed by atoms with E-state index >= 15 is 0 Å². The van der Waals surface area contributed by atoms with Crippen molar-refractivity contribution in [2.24, 2.45) is 5.92 Å². The Morgan fingerprint density at radius 3 is 2.85 bits per heavy atom. The van der Waals surface area contributed by atoms with Crippen LogP contribution in [0.1, 0.15) is 19.3 Å². The molecule has 0 radical (unpaired) electrons. The van der Waals surface area contributed by atoms with Gasteiger partial charge in [0.05, 0.1) is 6.61 Å². The van der Waals surface area contributed by atoms with Crippen LogP contribution in [0, 0.1) is 5.92 Å². The third kappa shape index (κ3) is 2.93. The van der Waals surface area contributed by atoms with Crippen molar-refractivity contribution < 1.29 is 5.11 Å². The van der Waals surface area contributed by atoms with Crippen LogP contribution in [0.5, 0.6) is 0 Å². The zero-order chi connectivity index (χ0) is 9.10. The van der Waals surface area contributed by atoms with E-state index in [2.05, 4.69) is 10.2 Å². The van der Waals surface area contributed by atoms with Gasteiger partial charge in [-0.2, -0.15) is 0 Å². The molecule has 1 heterocycles. The standard InChI is InChI=1S/C10H20N2O/c13-6-5-12-4-3-10(8-12)11-7-9-1-2-9/h9-11,13H,1-8H2/t10-/m1/s1. The normalized spacial score (nSPS) is 29.8. The minimum Gasteiger partial charge on any atom is -0.395 e. The molecular weight excluding hydrogens is 164 g/mol. The Morgan fingerprint density at radius 2 is 2.15 bits per heavy atom. The summed E-state index contributed by atoms with van der Waals surface area (Å²) in [4.78, 5) is 2.34. The van der Waals surface area contributed by atoms with Crippen LogP contribution in [0.15, 0.2) is 0 Å². The van der Waals surface area contributed by atoms with Crippen molar-refractivity contribution in [2.45, 2.75) is 25.3 Å². The van der Waals surface area contributed by atoms with Gasteiger partial charge in [-0.05, 0) is 38.3 Å². The number of likely N-dealkylation sites (tertiary alicyclic amines) is 1. The molecule has 1 saturated carbocycles. The van der Waals surface area contributed by atoms with Crippen LogP contribution in [0.2, 0.25) is 0 Å². The van der Waals surface area contributed by atoms with Gasteiger partial charge in [-0.1, -0.05) is 0 Å². The van der Waals surface area contributed by atoms with Crippen molar-refractivity contribution >= 4 is 0 Å². The fourth-order valence-electron chi connectivity index (χ4n) is 2.00. The molecule has 0 aromatic rings. The molecule has 0 aromatic heterocycles. The Balaban J connectivity index is 1.59. The van der Waals surface area contributed by atoms with Gasteiger partial charge in [0.15, 0.2) is 0 Å². The summed E-state index contributed by atoms with van der Waals surface area (Å²) in [5.41, 5.74) is 0. The maximum absolute atomic E-state index is 8.78. The zero-order valence-corrected chi connectivity index (χ0v) is 8.21. The first-order valence-electron chi connectivity index (χ1n) is 5.45. The highest BCUT2D eigenvalue weighted by molar-refractivity contribution is 4.84. The molecule has 1 aliphatic carbocycles. The highest BCUT2D eigenvalue weighted by Crippen LogP contribution is 2.28. The number of nitrogens with one attached hydrogen (secondary N) is 1. The van der Waals surface area contributed by atoms with E-state index in [9.17, 15) is 0 Å². The van der Waals surface area contributed by atoms with E-state index in [1.54, 1.807) is 0 Å². The summed E-state index contributed by atoms with van der Waals surface area (Å²) in [7, 11) is 0. The van der Waals surface area contributed by atoms with Crippen molar-refractivity contribution in [1.82, 2.24) is 10.2 Å². The molecule has 3 heteroatoms. The van der Waals surface area contributed by atoms with E-state index in [0.717, 1.165) is 25.6 Å². The second kappa shape index (κ2) is 4.40. The molecular formula is C10H20N2O. The van der Waals surface area contributed by atoms with Crippen LogP contribution in [0.3, 0.4) is 0 Å². The smallest absolute Gasteiger partial charge is 0.0558 e. The average molecular weight is 184 g/mol. The molecule has 2 rings (SSSR count). The van der Waals surface area contributed by atoms with Crippen molar-refractivity contribution in [3.8, 4) is 0 Å². The van der Waals surface area contributed by atoms with Gasteiger partial charge < -0.3 is 10.4 Å². The molecule has 1 aliphatic heterocycles. The molecule has 13 heavy (non-hydrogen) atoms. The molecule has 2 N–H and O–H groups in total. The molecule has 1 atom stereocenters. The van der Waals surface area contributed by atoms with Crippen molar-refractivity contribution in [3.05, 3.63) is 0 Å². The number of hydrogen-bond donors (Lipinski definition) is 2. The summed E-state index contributed by atoms with van der Waals surface area (Å²) in [5, 5.41) is 12.4. The Labute approximate surface area is 80.1 Å². The Kier molecular flexibility index (Phi) is 3.19. The van der Waals surface area contributed by atoms with Gasteiger partial charge in [0, 0.05) is 19.1 Å². The van der Waals surface area contributed by atoms with Crippen LogP contribution in [-0.2, 0) is 0 Å². The third-order valence-electron chi connectivity index (χ3n) is 3.08. The van der Waals surface area contributed by atoms with Gasteiger partial charge in [-0.25, -0.2) is 0 Å². The SMILES string of the molecule is OCCN1CC[C@@H](NCC2CC2)C1. The lowest BCUT2D eigenvalue weighted by Crippen LogP contribution is -2.34. The summed E-state index contributed by atoms with van der Waals surface area (Å²) in [5.74, 6) is 0.979. The molecule has 0 spiro atoms. The number of hydrogen-bond acceptors (Lipinski definition) is 3. The molecule has 76 valence electrons. The summed E-state index contributed by atoms with van der Waals surface area (Å²) in [6, 6.07) is 0.687. The largest absolute Gasteiger partial charge is 0.395 e. The van der Waals surface area contributed by atoms with Crippen LogP contribution in [0.4, 0.5) is 0 Å². The highest BCUT2D eigenvalue weighted by Gasteiger charge is 2.25. The van der Waals surface area contributed by atoms with E-state index in [0.29, 0.717) is 12.6 Å². The molecule has 1 saturated heterocycles. The van der Waals surface area contributed by atoms with E-state index in [1.165, 1.54) is 25.8 Å². The number of aliphatic hydroxyl groups is 1. The van der Waals surface area contributed by atoms with E-state index in [4.69, 9.17) is 5.11 Å². The van der Waals surface area contributed by atoms with Crippen molar-refractivity contribution in [2.75, 3.05) is 32.8 Å². The van der Waals surface area contributed by atoms with E-state index in [1.807, 2.05) is 0 Å². The maximum Gasteiger partial charge on any atom is 0.0558 e. The predicted molar refractivity (Wildman–Crippen MR) is 52.7 cm³/mol. The second-order valence-corrected chi connectivity index (χ2v) is 4.36. The molecule has 2 aliphatic rings. The van der Waals surface area contributed by atoms with E-state index < -0.39 is 0 Å². The molecule has 0 unspecified atom stereocenters. The van der Waals surface area contributed by atoms with Gasteiger partial charge in [-0.15, -0.1) is 0 Å². The van der Waals surface area contributed by atoms with E-state index in [-0.39, 0.29) is 0 Å². The zero-order valence-electron chi connectivity index (χ0n) is 8.21. The fourth-order valence-corrected chi connectivity index (χ4v) is 2.00. The summed E-state index contributed by atoms with van der Waals surface area (Å²) in [6.07, 6.45) is 4.12. The van der Waals surface area contributed by atoms with Gasteiger partial charge in [0.1, 0.15) is 0 Å². The lowest BCUT2D eigenvalue weighted by atomic mass is 10.2. The van der Waals surface area contributed by atoms with Gasteiger partial charge >= 0.3 is 0 Å². The third-order valence-corrected chi connectivity index (χ3v) is 3.08. The summed E-state index contributed by atoms with van der Waals surface area (Å²) in [6.45, 7) is 4.66. The van der Waals surface area contributed by atoms with Crippen LogP contribution in [0.25, 0.3) is 0 Å². The summed E-state index contributed by atoms with van der Waals surface area (Å²) < 4.78 is 0.